The molecule has 0 rings (SSSR count). The van der Waals surface area contributed by atoms with Crippen molar-refractivity contribution < 1.29 is 44.0 Å². The molecule has 0 saturated carbocycles. The molecule has 9 heteroatoms. The molecular formula is C16H26O9. The fraction of sp³-hybridized carbons (Fsp3) is 0.750. The number of carbonyl (C=O) groups excluding carboxylic acids is 2. The van der Waals surface area contributed by atoms with E-state index in [2.05, 4.69) is 0 Å². The zero-order chi connectivity index (χ0) is 20.2. The predicted molar refractivity (Wildman–Crippen MR) is 84.6 cm³/mol. The van der Waals surface area contributed by atoms with E-state index in [1.165, 1.54) is 20.8 Å². The van der Waals surface area contributed by atoms with Crippen molar-refractivity contribution in [2.75, 3.05) is 0 Å². The van der Waals surface area contributed by atoms with Gasteiger partial charge in [0.2, 0.25) is 12.2 Å². The van der Waals surface area contributed by atoms with Gasteiger partial charge in [0.1, 0.15) is 0 Å². The summed E-state index contributed by atoms with van der Waals surface area (Å²) >= 11 is 0. The van der Waals surface area contributed by atoms with Gasteiger partial charge in [-0.2, -0.15) is 0 Å². The van der Waals surface area contributed by atoms with E-state index in [0.29, 0.717) is 0 Å². The maximum Gasteiger partial charge on any atom is 0.345 e. The summed E-state index contributed by atoms with van der Waals surface area (Å²) < 4.78 is 9.54. The van der Waals surface area contributed by atoms with Crippen LogP contribution >= 0.6 is 0 Å². The van der Waals surface area contributed by atoms with E-state index in [0.717, 1.165) is 0 Å². The third-order valence-electron chi connectivity index (χ3n) is 3.14. The largest absolute Gasteiger partial charge is 0.478 e. The minimum Gasteiger partial charge on any atom is -0.478 e. The number of aliphatic hydroxyl groups excluding tert-OH is 1. The van der Waals surface area contributed by atoms with Crippen LogP contribution in [0.1, 0.15) is 48.0 Å². The first-order valence-electron chi connectivity index (χ1n) is 7.61. The van der Waals surface area contributed by atoms with Crippen LogP contribution in [0.2, 0.25) is 0 Å². The molecule has 0 bridgehead atoms. The van der Waals surface area contributed by atoms with Gasteiger partial charge in [-0.15, -0.1) is 0 Å². The van der Waals surface area contributed by atoms with Crippen molar-refractivity contribution in [2.24, 2.45) is 10.8 Å². The van der Waals surface area contributed by atoms with Gasteiger partial charge in [0.25, 0.3) is 0 Å². The lowest BCUT2D eigenvalue weighted by Crippen LogP contribution is -2.42. The number of carboxylic acids is 2. The van der Waals surface area contributed by atoms with Gasteiger partial charge in [0.05, 0.1) is 6.42 Å². The van der Waals surface area contributed by atoms with E-state index in [1.54, 1.807) is 20.8 Å². The number of hydrogen-bond acceptors (Lipinski definition) is 7. The molecule has 0 aromatic carbocycles. The summed E-state index contributed by atoms with van der Waals surface area (Å²) in [6.45, 7) is 9.22. The van der Waals surface area contributed by atoms with Crippen LogP contribution in [0.5, 0.6) is 0 Å². The molecule has 0 radical (unpaired) electrons. The Labute approximate surface area is 145 Å². The highest BCUT2D eigenvalue weighted by molar-refractivity contribution is 5.85. The monoisotopic (exact) mass is 362 g/mol. The third-order valence-corrected chi connectivity index (χ3v) is 3.14. The molecule has 0 aliphatic heterocycles. The summed E-state index contributed by atoms with van der Waals surface area (Å²) in [6, 6.07) is 0. The molecule has 0 fully saturated rings. The van der Waals surface area contributed by atoms with E-state index in [-0.39, 0.29) is 0 Å². The molecule has 25 heavy (non-hydrogen) atoms. The lowest BCUT2D eigenvalue weighted by Gasteiger charge is -2.28. The van der Waals surface area contributed by atoms with Gasteiger partial charge in [-0.1, -0.05) is 41.5 Å². The van der Waals surface area contributed by atoms with Gasteiger partial charge >= 0.3 is 23.9 Å². The Morgan fingerprint density at radius 3 is 1.48 bits per heavy atom. The summed E-state index contributed by atoms with van der Waals surface area (Å²) in [4.78, 5) is 45.8. The van der Waals surface area contributed by atoms with E-state index in [1.807, 2.05) is 0 Å². The summed E-state index contributed by atoms with van der Waals surface area (Å²) in [7, 11) is 0. The summed E-state index contributed by atoms with van der Waals surface area (Å²) in [5.74, 6) is -5.18. The number of rotatable bonds is 7. The van der Waals surface area contributed by atoms with Crippen LogP contribution < -0.4 is 0 Å². The van der Waals surface area contributed by atoms with Crippen molar-refractivity contribution in [3.05, 3.63) is 0 Å². The van der Waals surface area contributed by atoms with Gasteiger partial charge in [0, 0.05) is 10.8 Å². The second-order valence-corrected chi connectivity index (χ2v) is 7.82. The molecule has 0 aromatic rings. The number of ether oxygens (including phenoxy) is 2. The smallest absolute Gasteiger partial charge is 0.345 e. The summed E-state index contributed by atoms with van der Waals surface area (Å²) in [5.41, 5.74) is -1.82. The van der Waals surface area contributed by atoms with Crippen molar-refractivity contribution >= 4 is 23.9 Å². The first-order chi connectivity index (χ1) is 11.1. The molecule has 0 heterocycles. The number of carboxylic acid groups (broad SMARTS) is 2. The topological polar surface area (TPSA) is 147 Å². The maximum absolute atomic E-state index is 11.8. The number of esters is 2. The van der Waals surface area contributed by atoms with Crippen LogP contribution in [0.3, 0.4) is 0 Å². The Bertz CT molecular complexity index is 525. The van der Waals surface area contributed by atoms with E-state index in [4.69, 9.17) is 19.7 Å². The molecule has 9 nitrogen and oxygen atoms in total. The first-order valence-corrected chi connectivity index (χ1v) is 7.61. The molecule has 0 aliphatic rings. The molecule has 0 saturated heterocycles. The fourth-order valence-corrected chi connectivity index (χ4v) is 1.81. The lowest BCUT2D eigenvalue weighted by molar-refractivity contribution is -0.181. The highest BCUT2D eigenvalue weighted by atomic mass is 16.6. The van der Waals surface area contributed by atoms with Gasteiger partial charge in [-0.05, 0) is 0 Å². The first kappa shape index (κ1) is 22.8. The number of aliphatic hydroxyl groups is 1. The van der Waals surface area contributed by atoms with Gasteiger partial charge in [-0.25, -0.2) is 14.4 Å². The standard InChI is InChI=1S/C16H26O9/c1-15(2,3)10(12(19)20)24-9(18)7-8(17)14(23)25-11(13(21)22)16(4,5)6/h8,10-11,17H,7H2,1-6H3,(H,19,20)(H,21,22). The normalized spacial score (nSPS) is 15.6. The molecule has 3 unspecified atom stereocenters. The highest BCUT2D eigenvalue weighted by Crippen LogP contribution is 2.24. The van der Waals surface area contributed by atoms with Crippen LogP contribution in [0, 0.1) is 10.8 Å². The third kappa shape index (κ3) is 7.51. The molecular weight excluding hydrogens is 336 g/mol. The van der Waals surface area contributed by atoms with Crippen molar-refractivity contribution in [1.82, 2.24) is 0 Å². The fourth-order valence-electron chi connectivity index (χ4n) is 1.81. The number of carbonyl (C=O) groups is 4. The highest BCUT2D eigenvalue weighted by Gasteiger charge is 2.38. The van der Waals surface area contributed by atoms with Crippen molar-refractivity contribution in [2.45, 2.75) is 66.3 Å². The van der Waals surface area contributed by atoms with Crippen LogP contribution in [0.15, 0.2) is 0 Å². The average Bonchev–Trinajstić information content (AvgIpc) is 2.38. The zero-order valence-corrected chi connectivity index (χ0v) is 15.2. The molecule has 0 spiro atoms. The van der Waals surface area contributed by atoms with Crippen molar-refractivity contribution in [3.63, 3.8) is 0 Å². The molecule has 144 valence electrons. The second kappa shape index (κ2) is 8.28. The average molecular weight is 362 g/mol. The number of aliphatic carboxylic acids is 2. The molecule has 0 aromatic heterocycles. The van der Waals surface area contributed by atoms with E-state index < -0.39 is 59.4 Å². The van der Waals surface area contributed by atoms with E-state index >= 15 is 0 Å². The predicted octanol–water partition coefficient (Wildman–Crippen LogP) is 0.822. The van der Waals surface area contributed by atoms with Crippen LogP contribution in [0.25, 0.3) is 0 Å². The van der Waals surface area contributed by atoms with Crippen LogP contribution in [0.4, 0.5) is 0 Å². The Balaban J connectivity index is 4.89. The second-order valence-electron chi connectivity index (χ2n) is 7.82. The van der Waals surface area contributed by atoms with E-state index in [9.17, 15) is 24.3 Å². The molecule has 3 N–H and O–H groups in total. The molecule has 0 amide bonds. The van der Waals surface area contributed by atoms with Crippen molar-refractivity contribution in [3.8, 4) is 0 Å². The summed E-state index contributed by atoms with van der Waals surface area (Å²) in [5, 5.41) is 27.9. The SMILES string of the molecule is CC(C)(C)C(OC(=O)CC(O)C(=O)OC(C(=O)O)C(C)(C)C)C(=O)O. The van der Waals surface area contributed by atoms with Gasteiger partial charge in [-0.3, -0.25) is 4.79 Å². The Hall–Kier alpha value is -2.16. The Morgan fingerprint density at radius 1 is 0.800 bits per heavy atom. The van der Waals surface area contributed by atoms with Crippen molar-refractivity contribution in [1.29, 1.82) is 0 Å². The van der Waals surface area contributed by atoms with Crippen LogP contribution in [-0.2, 0) is 28.7 Å². The minimum atomic E-state index is -1.97. The summed E-state index contributed by atoms with van der Waals surface area (Å²) in [6.07, 6.45) is -5.81. The van der Waals surface area contributed by atoms with Gasteiger partial charge in [0.15, 0.2) is 6.10 Å². The Kier molecular flexibility index (Phi) is 7.57. The quantitative estimate of drug-likeness (QED) is 0.560. The van der Waals surface area contributed by atoms with Gasteiger partial charge < -0.3 is 24.8 Å². The Morgan fingerprint density at radius 2 is 1.16 bits per heavy atom. The minimum absolute atomic E-state index is 0.852. The zero-order valence-electron chi connectivity index (χ0n) is 15.2. The molecule has 0 aliphatic carbocycles. The maximum atomic E-state index is 11.8. The van der Waals surface area contributed by atoms with Crippen LogP contribution in [-0.4, -0.2) is 57.5 Å². The number of hydrogen-bond donors (Lipinski definition) is 3. The lowest BCUT2D eigenvalue weighted by atomic mass is 9.89. The molecule has 3 atom stereocenters.